The molecule has 0 aliphatic heterocycles. The molecule has 2 rings (SSSR count). The number of nitrogens with one attached hydrogen (secondary N) is 1. The number of nitrogens with two attached hydrogens (primary N) is 1. The van der Waals surface area contributed by atoms with Gasteiger partial charge in [0.2, 0.25) is 5.95 Å². The number of ether oxygens (including phenoxy) is 1. The summed E-state index contributed by atoms with van der Waals surface area (Å²) in [5, 5.41) is 3.20. The summed E-state index contributed by atoms with van der Waals surface area (Å²) < 4.78 is 6.14. The maximum atomic E-state index is 5.62. The van der Waals surface area contributed by atoms with E-state index >= 15 is 0 Å². The Morgan fingerprint density at radius 1 is 1.37 bits per heavy atom. The Labute approximate surface area is 120 Å². The van der Waals surface area contributed by atoms with Crippen LogP contribution in [-0.4, -0.2) is 17.1 Å². The normalized spacial score (nSPS) is 11.9. The molecule has 0 radical (unpaired) electrons. The molecule has 0 aliphatic carbocycles. The number of rotatable bonds is 4. The first-order valence-electron chi connectivity index (χ1n) is 5.78. The third-order valence-electron chi connectivity index (χ3n) is 2.70. The third-order valence-corrected chi connectivity index (χ3v) is 3.38. The van der Waals surface area contributed by atoms with Crippen molar-refractivity contribution in [2.75, 3.05) is 18.2 Å². The fourth-order valence-electron chi connectivity index (χ4n) is 1.70. The predicted octanol–water partition coefficient (Wildman–Crippen LogP) is 3.00. The van der Waals surface area contributed by atoms with E-state index in [0.29, 0.717) is 11.8 Å². The molecule has 0 saturated carbocycles. The lowest BCUT2D eigenvalue weighted by Crippen LogP contribution is -2.10. The number of methoxy groups -OCH3 is 1. The number of benzene rings is 1. The van der Waals surface area contributed by atoms with Crippen molar-refractivity contribution in [3.05, 3.63) is 40.5 Å². The highest BCUT2D eigenvalue weighted by molar-refractivity contribution is 9.10. The molecule has 0 bridgehead atoms. The first kappa shape index (κ1) is 13.6. The van der Waals surface area contributed by atoms with Crippen molar-refractivity contribution < 1.29 is 4.74 Å². The van der Waals surface area contributed by atoms with E-state index in [4.69, 9.17) is 10.5 Å². The zero-order valence-corrected chi connectivity index (χ0v) is 12.3. The van der Waals surface area contributed by atoms with Gasteiger partial charge in [0.1, 0.15) is 11.6 Å². The van der Waals surface area contributed by atoms with Crippen LogP contribution in [0.1, 0.15) is 18.5 Å². The molecule has 6 heteroatoms. The third kappa shape index (κ3) is 3.35. The minimum Gasteiger partial charge on any atom is -0.497 e. The molecule has 5 nitrogen and oxygen atoms in total. The van der Waals surface area contributed by atoms with E-state index in [2.05, 4.69) is 31.2 Å². The molecule has 19 heavy (non-hydrogen) atoms. The van der Waals surface area contributed by atoms with Gasteiger partial charge in [0.25, 0.3) is 0 Å². The van der Waals surface area contributed by atoms with Crippen LogP contribution < -0.4 is 15.8 Å². The Morgan fingerprint density at radius 2 is 2.16 bits per heavy atom. The lowest BCUT2D eigenvalue weighted by Gasteiger charge is -2.16. The average Bonchev–Trinajstić information content (AvgIpc) is 2.38. The average molecular weight is 323 g/mol. The summed E-state index contributed by atoms with van der Waals surface area (Å²) in [6, 6.07) is 7.53. The van der Waals surface area contributed by atoms with Gasteiger partial charge in [-0.1, -0.05) is 22.0 Å². The molecule has 1 heterocycles. The molecule has 0 amide bonds. The Balaban J connectivity index is 2.18. The molecule has 3 N–H and O–H groups in total. The summed E-state index contributed by atoms with van der Waals surface area (Å²) in [4.78, 5) is 8.24. The van der Waals surface area contributed by atoms with Crippen LogP contribution in [0.3, 0.4) is 0 Å². The number of nitrogens with zero attached hydrogens (tertiary/aromatic N) is 2. The van der Waals surface area contributed by atoms with E-state index in [-0.39, 0.29) is 6.04 Å². The van der Waals surface area contributed by atoms with Crippen molar-refractivity contribution in [2.45, 2.75) is 13.0 Å². The van der Waals surface area contributed by atoms with E-state index in [1.807, 2.05) is 25.1 Å². The summed E-state index contributed by atoms with van der Waals surface area (Å²) >= 11 is 3.53. The Bertz CT molecular complexity index is 576. The largest absolute Gasteiger partial charge is 0.497 e. The number of aromatic nitrogens is 2. The van der Waals surface area contributed by atoms with Gasteiger partial charge in [0.05, 0.1) is 13.2 Å². The van der Waals surface area contributed by atoms with Gasteiger partial charge in [-0.3, -0.25) is 0 Å². The molecule has 0 fully saturated rings. The van der Waals surface area contributed by atoms with Gasteiger partial charge < -0.3 is 15.8 Å². The predicted molar refractivity (Wildman–Crippen MR) is 79.2 cm³/mol. The smallest absolute Gasteiger partial charge is 0.225 e. The van der Waals surface area contributed by atoms with E-state index in [9.17, 15) is 0 Å². The van der Waals surface area contributed by atoms with Gasteiger partial charge in [-0.05, 0) is 30.7 Å². The Morgan fingerprint density at radius 3 is 2.79 bits per heavy atom. The van der Waals surface area contributed by atoms with Gasteiger partial charge in [-0.15, -0.1) is 0 Å². The summed E-state index contributed by atoms with van der Waals surface area (Å²) in [5.74, 6) is 1.76. The van der Waals surface area contributed by atoms with E-state index in [0.717, 1.165) is 15.8 Å². The van der Waals surface area contributed by atoms with Crippen LogP contribution in [-0.2, 0) is 0 Å². The quantitative estimate of drug-likeness (QED) is 0.905. The van der Waals surface area contributed by atoms with Crippen molar-refractivity contribution >= 4 is 27.7 Å². The lowest BCUT2D eigenvalue weighted by molar-refractivity contribution is 0.414. The van der Waals surface area contributed by atoms with Crippen molar-refractivity contribution in [1.29, 1.82) is 0 Å². The zero-order valence-electron chi connectivity index (χ0n) is 10.7. The Kier molecular flexibility index (Phi) is 4.21. The number of halogens is 1. The van der Waals surface area contributed by atoms with E-state index in [1.54, 1.807) is 19.4 Å². The monoisotopic (exact) mass is 322 g/mol. The van der Waals surface area contributed by atoms with Crippen LogP contribution >= 0.6 is 15.9 Å². The second-order valence-corrected chi connectivity index (χ2v) is 4.91. The zero-order chi connectivity index (χ0) is 13.8. The van der Waals surface area contributed by atoms with E-state index < -0.39 is 0 Å². The van der Waals surface area contributed by atoms with Crippen molar-refractivity contribution in [2.24, 2.45) is 0 Å². The van der Waals surface area contributed by atoms with Gasteiger partial charge in [0.15, 0.2) is 0 Å². The minimum atomic E-state index is 0.0436. The molecular weight excluding hydrogens is 308 g/mol. The maximum absolute atomic E-state index is 5.62. The van der Waals surface area contributed by atoms with Crippen molar-refractivity contribution in [3.8, 4) is 5.75 Å². The summed E-state index contributed by atoms with van der Waals surface area (Å²) in [6.45, 7) is 2.03. The molecule has 1 atom stereocenters. The molecule has 100 valence electrons. The van der Waals surface area contributed by atoms with Gasteiger partial charge in [0, 0.05) is 10.7 Å². The number of hydrogen-bond acceptors (Lipinski definition) is 5. The fourth-order valence-corrected chi connectivity index (χ4v) is 2.40. The number of hydrogen-bond donors (Lipinski definition) is 2. The molecule has 0 saturated heterocycles. The molecule has 1 aromatic heterocycles. The van der Waals surface area contributed by atoms with Crippen LogP contribution in [0, 0.1) is 0 Å². The molecular formula is C13H15BrN4O. The van der Waals surface area contributed by atoms with Crippen LogP contribution in [0.15, 0.2) is 34.9 Å². The van der Waals surface area contributed by atoms with Gasteiger partial charge in [-0.25, -0.2) is 4.98 Å². The molecule has 0 spiro atoms. The first-order valence-corrected chi connectivity index (χ1v) is 6.58. The summed E-state index contributed by atoms with van der Waals surface area (Å²) in [5.41, 5.74) is 6.71. The topological polar surface area (TPSA) is 73.1 Å². The highest BCUT2D eigenvalue weighted by atomic mass is 79.9. The molecule has 0 aliphatic rings. The van der Waals surface area contributed by atoms with Crippen molar-refractivity contribution in [1.82, 2.24) is 9.97 Å². The van der Waals surface area contributed by atoms with Crippen LogP contribution in [0.4, 0.5) is 11.8 Å². The fraction of sp³-hybridized carbons (Fsp3) is 0.231. The molecule has 1 aromatic carbocycles. The number of nitrogen functional groups attached to an aromatic ring is 1. The summed E-state index contributed by atoms with van der Waals surface area (Å²) in [7, 11) is 1.64. The summed E-state index contributed by atoms with van der Waals surface area (Å²) in [6.07, 6.45) is 1.63. The van der Waals surface area contributed by atoms with Crippen LogP contribution in [0.5, 0.6) is 5.75 Å². The maximum Gasteiger partial charge on any atom is 0.225 e. The van der Waals surface area contributed by atoms with Gasteiger partial charge in [-0.2, -0.15) is 4.98 Å². The molecule has 2 aromatic rings. The minimum absolute atomic E-state index is 0.0436. The van der Waals surface area contributed by atoms with Crippen molar-refractivity contribution in [3.63, 3.8) is 0 Å². The standard InChI is InChI=1S/C13H15BrN4O/c1-8(17-13-16-6-5-12(15)18-13)10-4-3-9(19-2)7-11(10)14/h3-8H,1-2H3,(H3,15,16,17,18)/t8-/m1/s1. The van der Waals surface area contributed by atoms with E-state index in [1.165, 1.54) is 0 Å². The second kappa shape index (κ2) is 5.88. The highest BCUT2D eigenvalue weighted by Crippen LogP contribution is 2.29. The second-order valence-electron chi connectivity index (χ2n) is 4.06. The SMILES string of the molecule is COc1ccc([C@@H](C)Nc2nccc(N)n2)c(Br)c1. The van der Waals surface area contributed by atoms with Crippen LogP contribution in [0.25, 0.3) is 0 Å². The highest BCUT2D eigenvalue weighted by Gasteiger charge is 2.11. The number of anilines is 2. The first-order chi connectivity index (χ1) is 9.10. The van der Waals surface area contributed by atoms with Crippen LogP contribution in [0.2, 0.25) is 0 Å². The molecule has 0 unspecified atom stereocenters. The Hall–Kier alpha value is -1.82. The lowest BCUT2D eigenvalue weighted by atomic mass is 10.1. The van der Waals surface area contributed by atoms with Gasteiger partial charge >= 0.3 is 0 Å².